The highest BCUT2D eigenvalue weighted by Crippen LogP contribution is 2.14. The van der Waals surface area contributed by atoms with E-state index in [1.54, 1.807) is 13.1 Å². The Kier molecular flexibility index (Phi) is 4.01. The van der Waals surface area contributed by atoms with Crippen LogP contribution in [0.4, 0.5) is 0 Å². The van der Waals surface area contributed by atoms with E-state index in [0.29, 0.717) is 0 Å². The Balaban J connectivity index is 2.78. The number of aliphatic hydroxyl groups is 1. The molecule has 0 spiro atoms. The monoisotopic (exact) mass is 194 g/mol. The van der Waals surface area contributed by atoms with Crippen molar-refractivity contribution in [2.45, 2.75) is 46.1 Å². The van der Waals surface area contributed by atoms with Crippen molar-refractivity contribution in [3.63, 3.8) is 0 Å². The summed E-state index contributed by atoms with van der Waals surface area (Å²) in [5, 5.41) is 9.39. The Morgan fingerprint density at radius 2 is 2.21 bits per heavy atom. The number of nitrogens with zero attached hydrogens (tertiary/aromatic N) is 2. The summed E-state index contributed by atoms with van der Waals surface area (Å²) >= 11 is 0. The molecule has 1 heterocycles. The fourth-order valence-electron chi connectivity index (χ4n) is 1.39. The summed E-state index contributed by atoms with van der Waals surface area (Å²) in [6.07, 6.45) is 4.46. The molecule has 3 heteroatoms. The predicted molar refractivity (Wildman–Crippen MR) is 56.0 cm³/mol. The molecule has 0 fully saturated rings. The first kappa shape index (κ1) is 11.1. The first-order chi connectivity index (χ1) is 6.65. The van der Waals surface area contributed by atoms with Crippen LogP contribution in [-0.2, 0) is 6.42 Å². The summed E-state index contributed by atoms with van der Waals surface area (Å²) in [7, 11) is 0. The topological polar surface area (TPSA) is 46.0 Å². The van der Waals surface area contributed by atoms with Gasteiger partial charge in [-0.05, 0) is 20.3 Å². The molecule has 1 rings (SSSR count). The first-order valence-corrected chi connectivity index (χ1v) is 5.15. The maximum absolute atomic E-state index is 9.39. The maximum Gasteiger partial charge on any atom is 0.128 e. The molecular weight excluding hydrogens is 176 g/mol. The molecule has 1 unspecified atom stereocenters. The van der Waals surface area contributed by atoms with Gasteiger partial charge in [-0.15, -0.1) is 0 Å². The fourth-order valence-corrected chi connectivity index (χ4v) is 1.39. The molecule has 3 nitrogen and oxygen atoms in total. The van der Waals surface area contributed by atoms with E-state index in [2.05, 4.69) is 16.9 Å². The van der Waals surface area contributed by atoms with Crippen LogP contribution >= 0.6 is 0 Å². The molecule has 0 saturated heterocycles. The van der Waals surface area contributed by atoms with Crippen molar-refractivity contribution >= 4 is 0 Å². The smallest absolute Gasteiger partial charge is 0.128 e. The Morgan fingerprint density at radius 3 is 2.71 bits per heavy atom. The van der Waals surface area contributed by atoms with E-state index in [1.807, 2.05) is 6.92 Å². The normalized spacial score (nSPS) is 12.9. The third-order valence-electron chi connectivity index (χ3n) is 2.27. The van der Waals surface area contributed by atoms with Gasteiger partial charge in [-0.3, -0.25) is 0 Å². The van der Waals surface area contributed by atoms with Crippen LogP contribution in [0.25, 0.3) is 0 Å². The van der Waals surface area contributed by atoms with E-state index in [1.165, 1.54) is 0 Å². The van der Waals surface area contributed by atoms with Crippen LogP contribution in [0, 0.1) is 6.92 Å². The molecule has 0 radical (unpaired) electrons. The zero-order chi connectivity index (χ0) is 10.6. The van der Waals surface area contributed by atoms with E-state index in [-0.39, 0.29) is 0 Å². The lowest BCUT2D eigenvalue weighted by atomic mass is 10.1. The molecule has 0 saturated carbocycles. The highest BCUT2D eigenvalue weighted by Gasteiger charge is 2.07. The van der Waals surface area contributed by atoms with Crippen molar-refractivity contribution in [2.75, 3.05) is 0 Å². The zero-order valence-electron chi connectivity index (χ0n) is 9.12. The molecule has 0 aliphatic carbocycles. The molecule has 0 amide bonds. The Morgan fingerprint density at radius 1 is 1.50 bits per heavy atom. The highest BCUT2D eigenvalue weighted by molar-refractivity contribution is 5.18. The second-order valence-electron chi connectivity index (χ2n) is 3.61. The number of aromatic nitrogens is 2. The van der Waals surface area contributed by atoms with Crippen LogP contribution < -0.4 is 0 Å². The molecule has 14 heavy (non-hydrogen) atoms. The number of unbranched alkanes of at least 4 members (excludes halogenated alkanes) is 1. The molecule has 78 valence electrons. The Hall–Kier alpha value is -0.960. The minimum Gasteiger partial charge on any atom is -0.389 e. The van der Waals surface area contributed by atoms with Crippen molar-refractivity contribution in [3.8, 4) is 0 Å². The van der Waals surface area contributed by atoms with Crippen molar-refractivity contribution in [1.82, 2.24) is 9.97 Å². The zero-order valence-corrected chi connectivity index (χ0v) is 9.12. The summed E-state index contributed by atoms with van der Waals surface area (Å²) in [6.45, 7) is 5.80. The lowest BCUT2D eigenvalue weighted by Crippen LogP contribution is -2.03. The molecule has 1 atom stereocenters. The number of aliphatic hydroxyl groups excluding tert-OH is 1. The minimum atomic E-state index is -0.477. The third kappa shape index (κ3) is 2.77. The first-order valence-electron chi connectivity index (χ1n) is 5.15. The van der Waals surface area contributed by atoms with Gasteiger partial charge in [0, 0.05) is 23.9 Å². The van der Waals surface area contributed by atoms with Crippen LogP contribution in [-0.4, -0.2) is 15.1 Å². The van der Waals surface area contributed by atoms with Crippen LogP contribution in [0.15, 0.2) is 6.20 Å². The van der Waals surface area contributed by atoms with Crippen molar-refractivity contribution < 1.29 is 5.11 Å². The lowest BCUT2D eigenvalue weighted by Gasteiger charge is -2.08. The van der Waals surface area contributed by atoms with Gasteiger partial charge < -0.3 is 5.11 Å². The van der Waals surface area contributed by atoms with Gasteiger partial charge in [-0.2, -0.15) is 0 Å². The highest BCUT2D eigenvalue weighted by atomic mass is 16.3. The van der Waals surface area contributed by atoms with Gasteiger partial charge in [-0.1, -0.05) is 13.3 Å². The molecule has 0 bridgehead atoms. The summed E-state index contributed by atoms with van der Waals surface area (Å²) in [5.74, 6) is 0.883. The maximum atomic E-state index is 9.39. The van der Waals surface area contributed by atoms with Crippen molar-refractivity contribution in [2.24, 2.45) is 0 Å². The van der Waals surface area contributed by atoms with Crippen LogP contribution in [0.5, 0.6) is 0 Å². The Bertz CT molecular complexity index is 297. The number of rotatable bonds is 4. The molecule has 0 aromatic carbocycles. The van der Waals surface area contributed by atoms with Gasteiger partial charge >= 0.3 is 0 Å². The average molecular weight is 194 g/mol. The Labute approximate surface area is 85.2 Å². The van der Waals surface area contributed by atoms with Gasteiger partial charge in [0.1, 0.15) is 5.82 Å². The SMILES string of the molecule is CCCCc1ncc(C(C)O)c(C)n1. The van der Waals surface area contributed by atoms with Crippen molar-refractivity contribution in [1.29, 1.82) is 0 Å². The van der Waals surface area contributed by atoms with Crippen LogP contribution in [0.2, 0.25) is 0 Å². The molecular formula is C11H18N2O. The average Bonchev–Trinajstić information content (AvgIpc) is 2.14. The summed E-state index contributed by atoms with van der Waals surface area (Å²) in [5.41, 5.74) is 1.71. The van der Waals surface area contributed by atoms with Crippen molar-refractivity contribution in [3.05, 3.63) is 23.3 Å². The molecule has 1 N–H and O–H groups in total. The van der Waals surface area contributed by atoms with Gasteiger partial charge in [-0.25, -0.2) is 9.97 Å². The molecule has 1 aromatic rings. The second-order valence-corrected chi connectivity index (χ2v) is 3.61. The van der Waals surface area contributed by atoms with E-state index >= 15 is 0 Å². The predicted octanol–water partition coefficient (Wildman–Crippen LogP) is 2.18. The number of aryl methyl sites for hydroxylation is 2. The summed E-state index contributed by atoms with van der Waals surface area (Å²) in [4.78, 5) is 8.59. The fraction of sp³-hybridized carbons (Fsp3) is 0.636. The number of hydrogen-bond acceptors (Lipinski definition) is 3. The summed E-state index contributed by atoms with van der Waals surface area (Å²) in [6, 6.07) is 0. The van der Waals surface area contributed by atoms with Crippen LogP contribution in [0.1, 0.15) is 49.9 Å². The molecule has 1 aromatic heterocycles. The molecule has 0 aliphatic rings. The van der Waals surface area contributed by atoms with Gasteiger partial charge in [0.15, 0.2) is 0 Å². The van der Waals surface area contributed by atoms with Crippen LogP contribution in [0.3, 0.4) is 0 Å². The standard InChI is InChI=1S/C11H18N2O/c1-4-5-6-11-12-7-10(9(3)14)8(2)13-11/h7,9,14H,4-6H2,1-3H3. The minimum absolute atomic E-state index is 0.477. The largest absolute Gasteiger partial charge is 0.389 e. The number of hydrogen-bond donors (Lipinski definition) is 1. The molecule has 0 aliphatic heterocycles. The van der Waals surface area contributed by atoms with E-state index < -0.39 is 6.10 Å². The van der Waals surface area contributed by atoms with Gasteiger partial charge in [0.05, 0.1) is 6.10 Å². The van der Waals surface area contributed by atoms with E-state index in [4.69, 9.17) is 0 Å². The summed E-state index contributed by atoms with van der Waals surface area (Å²) < 4.78 is 0. The van der Waals surface area contributed by atoms with E-state index in [9.17, 15) is 5.11 Å². The third-order valence-corrected chi connectivity index (χ3v) is 2.27. The van der Waals surface area contributed by atoms with Gasteiger partial charge in [0.25, 0.3) is 0 Å². The lowest BCUT2D eigenvalue weighted by molar-refractivity contribution is 0.197. The van der Waals surface area contributed by atoms with Gasteiger partial charge in [0.2, 0.25) is 0 Å². The second kappa shape index (κ2) is 5.05. The van der Waals surface area contributed by atoms with E-state index in [0.717, 1.165) is 36.3 Å². The quantitative estimate of drug-likeness (QED) is 0.799.